The van der Waals surface area contributed by atoms with Crippen molar-refractivity contribution in [2.75, 3.05) is 0 Å². The molecule has 18 heavy (non-hydrogen) atoms. The van der Waals surface area contributed by atoms with Crippen molar-refractivity contribution in [2.24, 2.45) is 0 Å². The van der Waals surface area contributed by atoms with Crippen LogP contribution in [0.25, 0.3) is 0 Å². The number of rotatable bonds is 1. The molecule has 0 amide bonds. The minimum atomic E-state index is -5.34. The highest BCUT2D eigenvalue weighted by atomic mass is 35.7. The van der Waals surface area contributed by atoms with E-state index in [0.717, 1.165) is 0 Å². The Kier molecular flexibility index (Phi) is 3.61. The predicted molar refractivity (Wildman–Crippen MR) is 49.5 cm³/mol. The molecule has 0 aliphatic rings. The van der Waals surface area contributed by atoms with Crippen LogP contribution >= 0.6 is 10.7 Å². The van der Waals surface area contributed by atoms with Gasteiger partial charge in [-0.05, 0) is 18.2 Å². The summed E-state index contributed by atoms with van der Waals surface area (Å²) in [5.74, 6) is 0. The van der Waals surface area contributed by atoms with Gasteiger partial charge in [0.05, 0.1) is 16.0 Å². The van der Waals surface area contributed by atoms with Gasteiger partial charge >= 0.3 is 12.4 Å². The van der Waals surface area contributed by atoms with E-state index in [4.69, 9.17) is 10.7 Å². The number of hydrogen-bond donors (Lipinski definition) is 0. The van der Waals surface area contributed by atoms with E-state index in [1.807, 2.05) is 0 Å². The monoisotopic (exact) mass is 312 g/mol. The summed E-state index contributed by atoms with van der Waals surface area (Å²) in [5, 5.41) is 0. The fraction of sp³-hybridized carbons (Fsp3) is 0.250. The van der Waals surface area contributed by atoms with Crippen molar-refractivity contribution < 1.29 is 34.8 Å². The van der Waals surface area contributed by atoms with Gasteiger partial charge in [-0.3, -0.25) is 0 Å². The topological polar surface area (TPSA) is 34.1 Å². The first-order valence-electron chi connectivity index (χ1n) is 4.06. The van der Waals surface area contributed by atoms with E-state index in [1.165, 1.54) is 0 Å². The van der Waals surface area contributed by atoms with E-state index in [9.17, 15) is 34.8 Å². The molecule has 0 aromatic heterocycles. The second-order valence-electron chi connectivity index (χ2n) is 3.14. The Morgan fingerprint density at radius 2 is 1.33 bits per heavy atom. The van der Waals surface area contributed by atoms with Crippen molar-refractivity contribution in [3.63, 3.8) is 0 Å². The molecule has 0 spiro atoms. The Morgan fingerprint density at radius 1 is 0.889 bits per heavy atom. The highest BCUT2D eigenvalue weighted by molar-refractivity contribution is 8.13. The summed E-state index contributed by atoms with van der Waals surface area (Å²) in [4.78, 5) is -1.05. The van der Waals surface area contributed by atoms with Crippen LogP contribution in [0.4, 0.5) is 26.3 Å². The van der Waals surface area contributed by atoms with Crippen molar-refractivity contribution in [3.8, 4) is 0 Å². The van der Waals surface area contributed by atoms with E-state index in [-0.39, 0.29) is 12.1 Å². The van der Waals surface area contributed by atoms with Crippen LogP contribution in [-0.2, 0) is 21.4 Å². The fourth-order valence-corrected chi connectivity index (χ4v) is 1.93. The largest absolute Gasteiger partial charge is 0.417 e. The third-order valence-corrected chi connectivity index (χ3v) is 3.23. The summed E-state index contributed by atoms with van der Waals surface area (Å²) in [6.45, 7) is 0. The molecule has 0 saturated carbocycles. The average molecular weight is 313 g/mol. The minimum Gasteiger partial charge on any atom is -0.207 e. The standard InChI is InChI=1S/C8H3ClF6O2S/c9-18(16,17)4-1-2-5(7(10,11)12)6(3-4)8(13,14)15/h1-3H. The minimum absolute atomic E-state index is 0.0259. The van der Waals surface area contributed by atoms with Gasteiger partial charge in [-0.15, -0.1) is 0 Å². The maximum Gasteiger partial charge on any atom is 0.417 e. The zero-order valence-corrected chi connectivity index (χ0v) is 9.67. The number of alkyl halides is 6. The van der Waals surface area contributed by atoms with Crippen LogP contribution in [0.15, 0.2) is 23.1 Å². The Morgan fingerprint density at radius 3 is 1.67 bits per heavy atom. The van der Waals surface area contributed by atoms with Gasteiger partial charge in [0.25, 0.3) is 9.05 Å². The lowest BCUT2D eigenvalue weighted by atomic mass is 10.1. The average Bonchev–Trinajstić information content (AvgIpc) is 2.12. The summed E-state index contributed by atoms with van der Waals surface area (Å²) >= 11 is 0. The van der Waals surface area contributed by atoms with E-state index in [2.05, 4.69) is 0 Å². The summed E-state index contributed by atoms with van der Waals surface area (Å²) in [6, 6.07) is 0.240. The molecule has 102 valence electrons. The molecule has 0 N–H and O–H groups in total. The van der Waals surface area contributed by atoms with Crippen LogP contribution in [0, 0.1) is 0 Å². The first kappa shape index (κ1) is 15.1. The van der Waals surface area contributed by atoms with Gasteiger partial charge < -0.3 is 0 Å². The quantitative estimate of drug-likeness (QED) is 0.586. The molecule has 1 aromatic carbocycles. The molecular weight excluding hydrogens is 310 g/mol. The Labute approximate surface area is 102 Å². The predicted octanol–water partition coefficient (Wildman–Crippen LogP) is 3.65. The first-order chi connectivity index (χ1) is 7.83. The molecule has 0 atom stereocenters. The highest BCUT2D eigenvalue weighted by Crippen LogP contribution is 2.41. The lowest BCUT2D eigenvalue weighted by molar-refractivity contribution is -0.162. The normalized spacial score (nSPS) is 13.7. The number of benzene rings is 1. The maximum atomic E-state index is 12.4. The summed E-state index contributed by atoms with van der Waals surface area (Å²) in [5.41, 5.74) is -4.07. The Balaban J connectivity index is 3.60. The zero-order chi connectivity index (χ0) is 14.4. The number of halogens is 7. The maximum absolute atomic E-state index is 12.4. The van der Waals surface area contributed by atoms with E-state index < -0.39 is 37.4 Å². The molecule has 0 heterocycles. The van der Waals surface area contributed by atoms with Gasteiger partial charge in [0.1, 0.15) is 0 Å². The lowest BCUT2D eigenvalue weighted by Gasteiger charge is -2.15. The molecule has 0 radical (unpaired) electrons. The Bertz CT molecular complexity index is 560. The van der Waals surface area contributed by atoms with Gasteiger partial charge in [0.15, 0.2) is 0 Å². The van der Waals surface area contributed by atoms with Crippen molar-refractivity contribution in [1.29, 1.82) is 0 Å². The molecule has 0 aliphatic carbocycles. The van der Waals surface area contributed by atoms with Gasteiger partial charge in [0.2, 0.25) is 0 Å². The van der Waals surface area contributed by atoms with Crippen LogP contribution in [0.3, 0.4) is 0 Å². The van der Waals surface area contributed by atoms with Crippen LogP contribution in [0.1, 0.15) is 11.1 Å². The number of hydrogen-bond acceptors (Lipinski definition) is 2. The second kappa shape index (κ2) is 4.30. The van der Waals surface area contributed by atoms with Crippen molar-refractivity contribution in [2.45, 2.75) is 17.2 Å². The summed E-state index contributed by atoms with van der Waals surface area (Å²) in [6.07, 6.45) is -10.6. The van der Waals surface area contributed by atoms with Gasteiger partial charge in [-0.1, -0.05) is 0 Å². The molecule has 2 nitrogen and oxygen atoms in total. The van der Waals surface area contributed by atoms with Gasteiger partial charge in [0, 0.05) is 10.7 Å². The molecule has 1 rings (SSSR count). The molecular formula is C8H3ClF6O2S. The smallest absolute Gasteiger partial charge is 0.207 e. The van der Waals surface area contributed by atoms with Crippen LogP contribution in [-0.4, -0.2) is 8.42 Å². The van der Waals surface area contributed by atoms with Crippen LogP contribution in [0.2, 0.25) is 0 Å². The molecule has 10 heteroatoms. The van der Waals surface area contributed by atoms with Crippen LogP contribution in [0.5, 0.6) is 0 Å². The van der Waals surface area contributed by atoms with Crippen LogP contribution < -0.4 is 0 Å². The lowest BCUT2D eigenvalue weighted by Crippen LogP contribution is -2.17. The van der Waals surface area contributed by atoms with Crippen molar-refractivity contribution in [1.82, 2.24) is 0 Å². The van der Waals surface area contributed by atoms with E-state index in [0.29, 0.717) is 6.07 Å². The molecule has 0 saturated heterocycles. The van der Waals surface area contributed by atoms with Crippen molar-refractivity contribution >= 4 is 19.7 Å². The SMILES string of the molecule is O=S(=O)(Cl)c1ccc(C(F)(F)F)c(C(F)(F)F)c1. The molecule has 0 unspecified atom stereocenters. The third kappa shape index (κ3) is 3.29. The zero-order valence-electron chi connectivity index (χ0n) is 8.10. The highest BCUT2D eigenvalue weighted by Gasteiger charge is 2.43. The van der Waals surface area contributed by atoms with Gasteiger partial charge in [-0.2, -0.15) is 26.3 Å². The molecule has 0 aliphatic heterocycles. The van der Waals surface area contributed by atoms with Gasteiger partial charge in [-0.25, -0.2) is 8.42 Å². The van der Waals surface area contributed by atoms with E-state index in [1.54, 1.807) is 0 Å². The Hall–Kier alpha value is -0.960. The fourth-order valence-electron chi connectivity index (χ4n) is 1.16. The molecule has 0 bridgehead atoms. The van der Waals surface area contributed by atoms with Crippen molar-refractivity contribution in [3.05, 3.63) is 29.3 Å². The first-order valence-corrected chi connectivity index (χ1v) is 6.37. The molecule has 0 fully saturated rings. The second-order valence-corrected chi connectivity index (χ2v) is 5.71. The molecule has 1 aromatic rings. The summed E-state index contributed by atoms with van der Waals surface area (Å²) < 4.78 is 95.8. The van der Waals surface area contributed by atoms with E-state index >= 15 is 0 Å². The third-order valence-electron chi connectivity index (χ3n) is 1.88. The summed E-state index contributed by atoms with van der Waals surface area (Å²) in [7, 11) is 0.228.